The third-order valence-corrected chi connectivity index (χ3v) is 6.02. The van der Waals surface area contributed by atoms with Gasteiger partial charge in [0.05, 0.1) is 36.7 Å². The minimum atomic E-state index is -0.604. The summed E-state index contributed by atoms with van der Waals surface area (Å²) in [5, 5.41) is 19.4. The number of carbonyl (C=O) groups excluding carboxylic acids is 3. The maximum Gasteiger partial charge on any atom is 0.410 e. The molecule has 1 aromatic rings. The van der Waals surface area contributed by atoms with Crippen LogP contribution in [0.4, 0.5) is 10.5 Å². The van der Waals surface area contributed by atoms with Crippen molar-refractivity contribution in [3.63, 3.8) is 0 Å². The molecule has 4 rings (SSSR count). The number of hydrogen-bond acceptors (Lipinski definition) is 7. The first kappa shape index (κ1) is 22.1. The van der Waals surface area contributed by atoms with Crippen molar-refractivity contribution in [2.45, 2.75) is 71.7 Å². The summed E-state index contributed by atoms with van der Waals surface area (Å²) >= 11 is 0. The van der Waals surface area contributed by atoms with Gasteiger partial charge in [-0.25, -0.2) is 4.79 Å². The average molecular weight is 447 g/mol. The minimum Gasteiger partial charge on any atom is -0.444 e. The fourth-order valence-electron chi connectivity index (χ4n) is 4.42. The van der Waals surface area contributed by atoms with Crippen LogP contribution in [-0.2, 0) is 27.4 Å². The Morgan fingerprint density at radius 3 is 2.59 bits per heavy atom. The molecule has 2 fully saturated rings. The van der Waals surface area contributed by atoms with Crippen molar-refractivity contribution in [3.8, 4) is 0 Å². The fourth-order valence-corrected chi connectivity index (χ4v) is 4.42. The first-order chi connectivity index (χ1) is 15.1. The standard InChI is InChI=1S/C21H30N6O5/c1-12(28)23-19(24-31)14-7-18(29)25(9-14)15-8-22-27-11-16(13-5-6-13)26(10-17(15)27)20(30)32-21(2,3)4/h8,13-14,16,31H,5-7,9-11H2,1-4H3,(H,23,24,28). The highest BCUT2D eigenvalue weighted by Gasteiger charge is 2.44. The summed E-state index contributed by atoms with van der Waals surface area (Å²) < 4.78 is 7.53. The van der Waals surface area contributed by atoms with Crippen molar-refractivity contribution in [2.75, 3.05) is 11.4 Å². The molecule has 3 heterocycles. The highest BCUT2D eigenvalue weighted by molar-refractivity contribution is 6.05. The van der Waals surface area contributed by atoms with Gasteiger partial charge in [-0.3, -0.25) is 19.2 Å². The van der Waals surface area contributed by atoms with Gasteiger partial charge in [0.15, 0.2) is 5.84 Å². The minimum absolute atomic E-state index is 0.0139. The SMILES string of the molecule is CC(=O)N/C(=N\O)C1CC(=O)N(c2cnn3c2CN(C(=O)OC(C)(C)C)C(C2CC2)C3)C1. The van der Waals surface area contributed by atoms with Crippen LogP contribution in [0.15, 0.2) is 11.4 Å². The van der Waals surface area contributed by atoms with Gasteiger partial charge in [0, 0.05) is 25.8 Å². The zero-order valence-corrected chi connectivity index (χ0v) is 18.9. The molecule has 2 unspecified atom stereocenters. The van der Waals surface area contributed by atoms with Gasteiger partial charge in [0.2, 0.25) is 11.8 Å². The van der Waals surface area contributed by atoms with Gasteiger partial charge < -0.3 is 20.2 Å². The molecule has 0 bridgehead atoms. The highest BCUT2D eigenvalue weighted by Crippen LogP contribution is 2.41. The monoisotopic (exact) mass is 446 g/mol. The van der Waals surface area contributed by atoms with Crippen molar-refractivity contribution < 1.29 is 24.3 Å². The van der Waals surface area contributed by atoms with Crippen molar-refractivity contribution in [2.24, 2.45) is 17.0 Å². The number of nitrogens with zero attached hydrogens (tertiary/aromatic N) is 5. The summed E-state index contributed by atoms with van der Waals surface area (Å²) in [6.07, 6.45) is 3.54. The summed E-state index contributed by atoms with van der Waals surface area (Å²) in [4.78, 5) is 40.5. The van der Waals surface area contributed by atoms with E-state index in [2.05, 4.69) is 15.6 Å². The van der Waals surface area contributed by atoms with Crippen LogP contribution >= 0.6 is 0 Å². The number of anilines is 1. The van der Waals surface area contributed by atoms with E-state index in [4.69, 9.17) is 4.74 Å². The lowest BCUT2D eigenvalue weighted by Gasteiger charge is -2.38. The Balaban J connectivity index is 1.57. The molecule has 2 atom stereocenters. The van der Waals surface area contributed by atoms with Gasteiger partial charge in [-0.2, -0.15) is 5.10 Å². The van der Waals surface area contributed by atoms with Gasteiger partial charge in [-0.15, -0.1) is 0 Å². The van der Waals surface area contributed by atoms with Gasteiger partial charge in [0.1, 0.15) is 5.60 Å². The Kier molecular flexibility index (Phi) is 5.59. The number of oxime groups is 1. The van der Waals surface area contributed by atoms with Crippen LogP contribution in [0, 0.1) is 11.8 Å². The highest BCUT2D eigenvalue weighted by atomic mass is 16.6. The molecule has 1 aliphatic carbocycles. The van der Waals surface area contributed by atoms with E-state index in [0.717, 1.165) is 18.5 Å². The van der Waals surface area contributed by atoms with E-state index in [1.165, 1.54) is 6.92 Å². The van der Waals surface area contributed by atoms with Crippen LogP contribution in [-0.4, -0.2) is 61.8 Å². The summed E-state index contributed by atoms with van der Waals surface area (Å²) in [6, 6.07) is 0.0139. The molecule has 3 amide bonds. The maximum atomic E-state index is 13.0. The third kappa shape index (κ3) is 4.42. The molecule has 174 valence electrons. The largest absolute Gasteiger partial charge is 0.444 e. The van der Waals surface area contributed by atoms with Crippen LogP contribution in [0.2, 0.25) is 0 Å². The van der Waals surface area contributed by atoms with Crippen LogP contribution in [0.3, 0.4) is 0 Å². The summed E-state index contributed by atoms with van der Waals surface area (Å²) in [5.41, 5.74) is 0.789. The van der Waals surface area contributed by atoms with E-state index in [0.29, 0.717) is 24.7 Å². The van der Waals surface area contributed by atoms with Crippen molar-refractivity contribution >= 4 is 29.4 Å². The molecule has 3 aliphatic rings. The first-order valence-corrected chi connectivity index (χ1v) is 10.9. The van der Waals surface area contributed by atoms with Crippen LogP contribution in [0.5, 0.6) is 0 Å². The second-order valence-corrected chi connectivity index (χ2v) is 9.74. The average Bonchev–Trinajstić information content (AvgIpc) is 3.36. The Labute approximate surface area is 186 Å². The molecular formula is C21H30N6O5. The normalized spacial score (nSPS) is 23.9. The van der Waals surface area contributed by atoms with E-state index in [9.17, 15) is 19.6 Å². The zero-order chi connectivity index (χ0) is 23.2. The number of carbonyl (C=O) groups is 3. The number of amidine groups is 1. The molecule has 11 nitrogen and oxygen atoms in total. The molecule has 2 aliphatic heterocycles. The van der Waals surface area contributed by atoms with E-state index >= 15 is 0 Å². The molecular weight excluding hydrogens is 416 g/mol. The predicted molar refractivity (Wildman–Crippen MR) is 114 cm³/mol. The molecule has 2 N–H and O–H groups in total. The molecule has 11 heteroatoms. The van der Waals surface area contributed by atoms with Crippen LogP contribution in [0.25, 0.3) is 0 Å². The second-order valence-electron chi connectivity index (χ2n) is 9.74. The molecule has 0 aromatic carbocycles. The van der Waals surface area contributed by atoms with Crippen molar-refractivity contribution in [1.29, 1.82) is 0 Å². The molecule has 1 aromatic heterocycles. The van der Waals surface area contributed by atoms with E-state index in [-0.39, 0.29) is 42.8 Å². The molecule has 1 saturated heterocycles. The summed E-state index contributed by atoms with van der Waals surface area (Å²) in [6.45, 7) is 7.94. The van der Waals surface area contributed by atoms with Gasteiger partial charge in [0.25, 0.3) is 0 Å². The number of ether oxygens (including phenoxy) is 1. The van der Waals surface area contributed by atoms with E-state index < -0.39 is 11.5 Å². The summed E-state index contributed by atoms with van der Waals surface area (Å²) in [5.74, 6) is -0.478. The lowest BCUT2D eigenvalue weighted by molar-refractivity contribution is -0.118. The molecule has 32 heavy (non-hydrogen) atoms. The van der Waals surface area contributed by atoms with Gasteiger partial charge in [-0.05, 0) is 39.5 Å². The Bertz CT molecular complexity index is 960. The Hall–Kier alpha value is -3.11. The lowest BCUT2D eigenvalue weighted by Crippen LogP contribution is -2.49. The van der Waals surface area contributed by atoms with Crippen molar-refractivity contribution in [3.05, 3.63) is 11.9 Å². The number of hydrogen-bond donors (Lipinski definition) is 2. The van der Waals surface area contributed by atoms with Gasteiger partial charge >= 0.3 is 6.09 Å². The smallest absolute Gasteiger partial charge is 0.410 e. The van der Waals surface area contributed by atoms with Crippen molar-refractivity contribution in [1.82, 2.24) is 20.0 Å². The predicted octanol–water partition coefficient (Wildman–Crippen LogP) is 1.69. The Morgan fingerprint density at radius 1 is 1.28 bits per heavy atom. The third-order valence-electron chi connectivity index (χ3n) is 6.02. The lowest BCUT2D eigenvalue weighted by atomic mass is 10.1. The molecule has 0 radical (unpaired) electrons. The number of rotatable bonds is 3. The van der Waals surface area contributed by atoms with Crippen LogP contribution in [0.1, 0.15) is 52.7 Å². The quantitative estimate of drug-likeness (QED) is 0.315. The summed E-state index contributed by atoms with van der Waals surface area (Å²) in [7, 11) is 0. The van der Waals surface area contributed by atoms with E-state index in [1.807, 2.05) is 25.5 Å². The number of nitrogens with one attached hydrogen (secondary N) is 1. The number of amides is 3. The number of fused-ring (bicyclic) bond motifs is 1. The van der Waals surface area contributed by atoms with E-state index in [1.54, 1.807) is 16.0 Å². The maximum absolute atomic E-state index is 13.0. The Morgan fingerprint density at radius 2 is 2.00 bits per heavy atom. The molecule has 1 saturated carbocycles. The fraction of sp³-hybridized carbons (Fsp3) is 0.667. The first-order valence-electron chi connectivity index (χ1n) is 10.9. The van der Waals surface area contributed by atoms with Gasteiger partial charge in [-0.1, -0.05) is 5.16 Å². The topological polar surface area (TPSA) is 129 Å². The van der Waals surface area contributed by atoms with Crippen LogP contribution < -0.4 is 10.2 Å². The second kappa shape index (κ2) is 8.10. The zero-order valence-electron chi connectivity index (χ0n) is 18.9. The molecule has 0 spiro atoms. The number of aromatic nitrogens is 2.